The minimum absolute atomic E-state index is 0.0484. The molecule has 3 rings (SSSR count). The highest BCUT2D eigenvalue weighted by Crippen LogP contribution is 2.31. The van der Waals surface area contributed by atoms with Crippen molar-refractivity contribution in [2.24, 2.45) is 4.99 Å². The first-order chi connectivity index (χ1) is 12.1. The molecule has 0 aliphatic heterocycles. The van der Waals surface area contributed by atoms with Gasteiger partial charge in [0, 0.05) is 24.2 Å². The van der Waals surface area contributed by atoms with E-state index in [0.717, 1.165) is 6.07 Å². The Labute approximate surface area is 147 Å². The third-order valence-electron chi connectivity index (χ3n) is 3.36. The zero-order valence-corrected chi connectivity index (χ0v) is 13.4. The van der Waals surface area contributed by atoms with Gasteiger partial charge in [-0.3, -0.25) is 9.97 Å². The molecule has 2 aromatic heterocycles. The van der Waals surface area contributed by atoms with Gasteiger partial charge in [-0.25, -0.2) is 9.38 Å². The second-order valence-corrected chi connectivity index (χ2v) is 5.38. The van der Waals surface area contributed by atoms with Crippen LogP contribution in [0.3, 0.4) is 0 Å². The lowest BCUT2D eigenvalue weighted by Gasteiger charge is -2.07. The van der Waals surface area contributed by atoms with Gasteiger partial charge in [0.2, 0.25) is 0 Å². The molecule has 0 atom stereocenters. The SMILES string of the molecule is N#CC(=Nc1ccc(F)c(Cl)c1)c1ccnc(-c2cccnc2)c1O. The standard InChI is InChI=1S/C18H10ClFN4O/c19-14-8-12(3-4-15(14)20)24-16(9-21)13-5-7-23-17(18(13)25)11-2-1-6-22-10-11/h1-8,10,25H. The molecule has 5 nitrogen and oxygen atoms in total. The zero-order valence-electron chi connectivity index (χ0n) is 12.7. The minimum atomic E-state index is -0.579. The van der Waals surface area contributed by atoms with Crippen LogP contribution >= 0.6 is 11.6 Å². The molecule has 0 amide bonds. The van der Waals surface area contributed by atoms with Crippen molar-refractivity contribution in [1.82, 2.24) is 9.97 Å². The maximum atomic E-state index is 13.2. The predicted molar refractivity (Wildman–Crippen MR) is 92.4 cm³/mol. The molecular formula is C18H10ClFN4O. The van der Waals surface area contributed by atoms with Gasteiger partial charge < -0.3 is 5.11 Å². The summed E-state index contributed by atoms with van der Waals surface area (Å²) in [6.07, 6.45) is 4.61. The summed E-state index contributed by atoms with van der Waals surface area (Å²) in [7, 11) is 0. The normalized spacial score (nSPS) is 11.2. The van der Waals surface area contributed by atoms with Crippen LogP contribution in [0.4, 0.5) is 10.1 Å². The molecule has 0 spiro atoms. The van der Waals surface area contributed by atoms with E-state index >= 15 is 0 Å². The molecule has 1 N–H and O–H groups in total. The number of pyridine rings is 2. The number of hydrogen-bond donors (Lipinski definition) is 1. The van der Waals surface area contributed by atoms with Crippen LogP contribution in [-0.2, 0) is 0 Å². The third-order valence-corrected chi connectivity index (χ3v) is 3.65. The minimum Gasteiger partial charge on any atom is -0.505 e. The molecule has 0 aliphatic carbocycles. The Morgan fingerprint density at radius 3 is 2.76 bits per heavy atom. The Balaban J connectivity index is 2.09. The summed E-state index contributed by atoms with van der Waals surface area (Å²) in [5.74, 6) is -0.770. The fourth-order valence-corrected chi connectivity index (χ4v) is 2.36. The van der Waals surface area contributed by atoms with Crippen LogP contribution in [-0.4, -0.2) is 20.8 Å². The van der Waals surface area contributed by atoms with Gasteiger partial charge in [0.05, 0.1) is 16.3 Å². The van der Waals surface area contributed by atoms with Crippen LogP contribution in [0.2, 0.25) is 5.02 Å². The van der Waals surface area contributed by atoms with Crippen molar-refractivity contribution in [2.45, 2.75) is 0 Å². The summed E-state index contributed by atoms with van der Waals surface area (Å²) in [6, 6.07) is 10.7. The van der Waals surface area contributed by atoms with Crippen molar-refractivity contribution in [3.05, 3.63) is 71.4 Å². The van der Waals surface area contributed by atoms with Crippen molar-refractivity contribution in [3.8, 4) is 23.1 Å². The van der Waals surface area contributed by atoms with Gasteiger partial charge in [-0.05, 0) is 36.4 Å². The van der Waals surface area contributed by atoms with E-state index in [4.69, 9.17) is 11.6 Å². The molecule has 0 unspecified atom stereocenters. The van der Waals surface area contributed by atoms with Crippen LogP contribution in [0, 0.1) is 17.1 Å². The number of aromatic hydroxyl groups is 1. The van der Waals surface area contributed by atoms with E-state index in [1.807, 2.05) is 6.07 Å². The average Bonchev–Trinajstić information content (AvgIpc) is 2.64. The van der Waals surface area contributed by atoms with E-state index in [2.05, 4.69) is 15.0 Å². The van der Waals surface area contributed by atoms with Crippen molar-refractivity contribution in [3.63, 3.8) is 0 Å². The zero-order chi connectivity index (χ0) is 17.8. The van der Waals surface area contributed by atoms with Gasteiger partial charge >= 0.3 is 0 Å². The van der Waals surface area contributed by atoms with E-state index in [1.54, 1.807) is 24.5 Å². The summed E-state index contributed by atoms with van der Waals surface area (Å²) in [5.41, 5.74) is 1.33. The van der Waals surface area contributed by atoms with Gasteiger partial charge in [-0.1, -0.05) is 11.6 Å². The third kappa shape index (κ3) is 3.47. The molecule has 3 aromatic rings. The molecule has 0 radical (unpaired) electrons. The Morgan fingerprint density at radius 1 is 1.24 bits per heavy atom. The molecule has 122 valence electrons. The highest BCUT2D eigenvalue weighted by Gasteiger charge is 2.15. The molecule has 0 fully saturated rings. The van der Waals surface area contributed by atoms with E-state index in [0.29, 0.717) is 11.3 Å². The molecule has 0 saturated carbocycles. The molecule has 0 bridgehead atoms. The monoisotopic (exact) mass is 352 g/mol. The van der Waals surface area contributed by atoms with E-state index in [-0.39, 0.29) is 27.7 Å². The van der Waals surface area contributed by atoms with Crippen LogP contribution in [0.5, 0.6) is 5.75 Å². The average molecular weight is 353 g/mol. The smallest absolute Gasteiger partial charge is 0.152 e. The second-order valence-electron chi connectivity index (χ2n) is 4.97. The molecular weight excluding hydrogens is 343 g/mol. The molecule has 1 aromatic carbocycles. The predicted octanol–water partition coefficient (Wildman–Crippen LogP) is 4.29. The van der Waals surface area contributed by atoms with Gasteiger partial charge in [-0.2, -0.15) is 5.26 Å². The Bertz CT molecular complexity index is 1000. The first-order valence-corrected chi connectivity index (χ1v) is 7.50. The number of nitrogens with zero attached hydrogens (tertiary/aromatic N) is 4. The summed E-state index contributed by atoms with van der Waals surface area (Å²) in [4.78, 5) is 12.3. The Kier molecular flexibility index (Phi) is 4.68. The summed E-state index contributed by atoms with van der Waals surface area (Å²) < 4.78 is 13.2. The summed E-state index contributed by atoms with van der Waals surface area (Å²) in [5, 5.41) is 19.8. The lowest BCUT2D eigenvalue weighted by atomic mass is 10.1. The fraction of sp³-hybridized carbons (Fsp3) is 0. The first kappa shape index (κ1) is 16.6. The number of aromatic nitrogens is 2. The van der Waals surface area contributed by atoms with Crippen molar-refractivity contribution < 1.29 is 9.50 Å². The highest BCUT2D eigenvalue weighted by atomic mass is 35.5. The number of benzene rings is 1. The van der Waals surface area contributed by atoms with Gasteiger partial charge in [0.1, 0.15) is 17.6 Å². The van der Waals surface area contributed by atoms with Crippen molar-refractivity contribution in [2.75, 3.05) is 0 Å². The van der Waals surface area contributed by atoms with Gasteiger partial charge in [-0.15, -0.1) is 0 Å². The maximum Gasteiger partial charge on any atom is 0.152 e. The topological polar surface area (TPSA) is 82.2 Å². The summed E-state index contributed by atoms with van der Waals surface area (Å²) in [6.45, 7) is 0. The van der Waals surface area contributed by atoms with Crippen molar-refractivity contribution in [1.29, 1.82) is 5.26 Å². The van der Waals surface area contributed by atoms with E-state index in [9.17, 15) is 14.8 Å². The van der Waals surface area contributed by atoms with Crippen LogP contribution in [0.25, 0.3) is 11.3 Å². The van der Waals surface area contributed by atoms with E-state index < -0.39 is 5.82 Å². The Hall–Kier alpha value is -3.30. The van der Waals surface area contributed by atoms with Crippen molar-refractivity contribution >= 4 is 23.0 Å². The Morgan fingerprint density at radius 2 is 2.08 bits per heavy atom. The number of hydrogen-bond acceptors (Lipinski definition) is 5. The van der Waals surface area contributed by atoms with Gasteiger partial charge in [0.25, 0.3) is 0 Å². The summed E-state index contributed by atoms with van der Waals surface area (Å²) >= 11 is 5.73. The van der Waals surface area contributed by atoms with Gasteiger partial charge in [0.15, 0.2) is 11.5 Å². The lowest BCUT2D eigenvalue weighted by molar-refractivity contribution is 0.474. The number of halogens is 2. The second kappa shape index (κ2) is 7.07. The fourth-order valence-electron chi connectivity index (χ4n) is 2.19. The lowest BCUT2D eigenvalue weighted by Crippen LogP contribution is -2.00. The molecule has 0 aliphatic rings. The number of aliphatic imine (C=N–C) groups is 1. The maximum absolute atomic E-state index is 13.2. The molecule has 0 saturated heterocycles. The van der Waals surface area contributed by atoms with E-state index in [1.165, 1.54) is 24.4 Å². The number of rotatable bonds is 3. The van der Waals surface area contributed by atoms with Crippen LogP contribution in [0.1, 0.15) is 5.56 Å². The number of nitriles is 1. The first-order valence-electron chi connectivity index (χ1n) is 7.12. The quantitative estimate of drug-likeness (QED) is 0.713. The molecule has 25 heavy (non-hydrogen) atoms. The molecule has 7 heteroatoms. The highest BCUT2D eigenvalue weighted by molar-refractivity contribution is 6.31. The molecule has 2 heterocycles. The van der Waals surface area contributed by atoms with Crippen LogP contribution in [0.15, 0.2) is 60.0 Å². The van der Waals surface area contributed by atoms with Crippen LogP contribution < -0.4 is 0 Å². The largest absolute Gasteiger partial charge is 0.505 e.